The number of thioether (sulfide) groups is 1. The zero-order valence-electron chi connectivity index (χ0n) is 7.27. The first-order valence-corrected chi connectivity index (χ1v) is 4.58. The lowest BCUT2D eigenvalue weighted by atomic mass is 10.6. The number of methoxy groups -OCH3 is 1. The van der Waals surface area contributed by atoms with Crippen LogP contribution in [0.2, 0.25) is 0 Å². The minimum Gasteiger partial charge on any atom is -0.549 e. The topological polar surface area (TPSA) is 95.1 Å². The third kappa shape index (κ3) is 2.77. The third-order valence-electron chi connectivity index (χ3n) is 1.29. The maximum atomic E-state index is 11.1. The average molecular weight is 215 g/mol. The number of nitrogens with one attached hydrogen (secondary N) is 1. The molecule has 1 aromatic heterocycles. The van der Waals surface area contributed by atoms with Crippen molar-refractivity contribution in [2.45, 2.75) is 5.16 Å². The molecule has 76 valence electrons. The summed E-state index contributed by atoms with van der Waals surface area (Å²) in [5, 5.41) is 10.3. The molecule has 1 heterocycles. The maximum Gasteiger partial charge on any atom is 0.293 e. The number of aromatic nitrogens is 2. The Labute approximate surface area is 83.3 Å². The van der Waals surface area contributed by atoms with E-state index in [1.807, 2.05) is 0 Å². The normalized spacial score (nSPS) is 9.79. The maximum absolute atomic E-state index is 11.1. The Kier molecular flexibility index (Phi) is 3.52. The first kappa shape index (κ1) is 10.6. The number of hydrogen-bond donors (Lipinski definition) is 1. The summed E-state index contributed by atoms with van der Waals surface area (Å²) in [6, 6.07) is 0. The third-order valence-corrected chi connectivity index (χ3v) is 2.15. The molecule has 0 spiro atoms. The van der Waals surface area contributed by atoms with Crippen molar-refractivity contribution in [1.82, 2.24) is 9.97 Å². The summed E-state index contributed by atoms with van der Waals surface area (Å²) in [4.78, 5) is 27.4. The van der Waals surface area contributed by atoms with E-state index in [0.29, 0.717) is 0 Å². The van der Waals surface area contributed by atoms with Crippen molar-refractivity contribution < 1.29 is 14.6 Å². The molecular formula is C7H7N2O4S-. The SMILES string of the molecule is COc1cnc(SCC(=O)[O-])[nH]c1=O. The van der Waals surface area contributed by atoms with Gasteiger partial charge >= 0.3 is 0 Å². The van der Waals surface area contributed by atoms with Crippen molar-refractivity contribution in [2.24, 2.45) is 0 Å². The van der Waals surface area contributed by atoms with Gasteiger partial charge in [0.2, 0.25) is 5.75 Å². The van der Waals surface area contributed by atoms with Crippen molar-refractivity contribution >= 4 is 17.7 Å². The largest absolute Gasteiger partial charge is 0.549 e. The Morgan fingerprint density at radius 1 is 1.79 bits per heavy atom. The smallest absolute Gasteiger partial charge is 0.293 e. The zero-order valence-corrected chi connectivity index (χ0v) is 8.09. The summed E-state index contributed by atoms with van der Waals surface area (Å²) in [5.41, 5.74) is -0.441. The number of aromatic amines is 1. The number of nitrogens with zero attached hydrogens (tertiary/aromatic N) is 1. The second kappa shape index (κ2) is 4.66. The van der Waals surface area contributed by atoms with E-state index >= 15 is 0 Å². The van der Waals surface area contributed by atoms with Crippen LogP contribution in [-0.2, 0) is 4.79 Å². The molecule has 7 heteroatoms. The van der Waals surface area contributed by atoms with E-state index in [4.69, 9.17) is 0 Å². The summed E-state index contributed by atoms with van der Waals surface area (Å²) < 4.78 is 4.68. The molecular weight excluding hydrogens is 208 g/mol. The van der Waals surface area contributed by atoms with Crippen LogP contribution in [0.4, 0.5) is 0 Å². The molecule has 0 saturated heterocycles. The van der Waals surface area contributed by atoms with Crippen LogP contribution in [0.15, 0.2) is 16.1 Å². The molecule has 0 fully saturated rings. The van der Waals surface area contributed by atoms with Crippen molar-refractivity contribution in [2.75, 3.05) is 12.9 Å². The number of carbonyl (C=O) groups is 1. The van der Waals surface area contributed by atoms with E-state index in [-0.39, 0.29) is 16.7 Å². The molecule has 1 aromatic rings. The highest BCUT2D eigenvalue weighted by atomic mass is 32.2. The number of ether oxygens (including phenoxy) is 1. The molecule has 6 nitrogen and oxygen atoms in total. The van der Waals surface area contributed by atoms with Crippen molar-refractivity contribution in [3.8, 4) is 5.75 Å². The second-order valence-corrected chi connectivity index (χ2v) is 3.21. The highest BCUT2D eigenvalue weighted by Crippen LogP contribution is 2.10. The lowest BCUT2D eigenvalue weighted by molar-refractivity contribution is -0.301. The molecule has 0 aliphatic heterocycles. The minimum absolute atomic E-state index is 0.0859. The summed E-state index contributed by atoms with van der Waals surface area (Å²) in [7, 11) is 1.35. The van der Waals surface area contributed by atoms with E-state index in [0.717, 1.165) is 11.8 Å². The van der Waals surface area contributed by atoms with Gasteiger partial charge in [-0.25, -0.2) is 4.98 Å². The Morgan fingerprint density at radius 2 is 2.50 bits per heavy atom. The fourth-order valence-electron chi connectivity index (χ4n) is 0.713. The summed E-state index contributed by atoms with van der Waals surface area (Å²) in [6.45, 7) is 0. The molecule has 0 aromatic carbocycles. The summed E-state index contributed by atoms with van der Waals surface area (Å²) >= 11 is 0.878. The number of aliphatic carboxylic acids is 1. The van der Waals surface area contributed by atoms with Crippen molar-refractivity contribution in [1.29, 1.82) is 0 Å². The van der Waals surface area contributed by atoms with E-state index in [2.05, 4.69) is 14.7 Å². The molecule has 0 radical (unpaired) electrons. The van der Waals surface area contributed by atoms with E-state index in [1.165, 1.54) is 13.3 Å². The van der Waals surface area contributed by atoms with Crippen LogP contribution < -0.4 is 15.4 Å². The molecule has 0 saturated carbocycles. The van der Waals surface area contributed by atoms with Gasteiger partial charge in [-0.3, -0.25) is 9.78 Å². The van der Waals surface area contributed by atoms with Crippen molar-refractivity contribution in [3.05, 3.63) is 16.6 Å². The van der Waals surface area contributed by atoms with E-state index in [9.17, 15) is 14.7 Å². The van der Waals surface area contributed by atoms with Gasteiger partial charge in [-0.1, -0.05) is 11.8 Å². The Hall–Kier alpha value is -1.50. The summed E-state index contributed by atoms with van der Waals surface area (Å²) in [6.07, 6.45) is 1.23. The second-order valence-electron chi connectivity index (χ2n) is 2.25. The van der Waals surface area contributed by atoms with E-state index in [1.54, 1.807) is 0 Å². The van der Waals surface area contributed by atoms with Gasteiger partial charge in [0, 0.05) is 5.75 Å². The molecule has 0 bridgehead atoms. The Morgan fingerprint density at radius 3 is 3.00 bits per heavy atom. The van der Waals surface area contributed by atoms with Crippen LogP contribution in [-0.4, -0.2) is 28.8 Å². The zero-order chi connectivity index (χ0) is 10.6. The van der Waals surface area contributed by atoms with Gasteiger partial charge in [0.1, 0.15) is 0 Å². The monoisotopic (exact) mass is 215 g/mol. The van der Waals surface area contributed by atoms with E-state index < -0.39 is 11.5 Å². The highest BCUT2D eigenvalue weighted by molar-refractivity contribution is 7.99. The number of carboxylic acid groups (broad SMARTS) is 1. The van der Waals surface area contributed by atoms with Crippen LogP contribution in [0.3, 0.4) is 0 Å². The van der Waals surface area contributed by atoms with Crippen LogP contribution in [0.1, 0.15) is 0 Å². The minimum atomic E-state index is -1.21. The molecule has 0 aliphatic carbocycles. The van der Waals surface area contributed by atoms with Crippen LogP contribution in [0.5, 0.6) is 5.75 Å². The van der Waals surface area contributed by atoms with Crippen LogP contribution in [0, 0.1) is 0 Å². The molecule has 0 aliphatic rings. The standard InChI is InChI=1S/C7H8N2O4S/c1-13-4-2-8-7(9-6(4)12)14-3-5(10)11/h2H,3H2,1H3,(H,10,11)(H,8,9,12)/p-1. The number of carboxylic acids is 1. The number of hydrogen-bond acceptors (Lipinski definition) is 6. The fraction of sp³-hybridized carbons (Fsp3) is 0.286. The van der Waals surface area contributed by atoms with Crippen molar-refractivity contribution in [3.63, 3.8) is 0 Å². The Balaban J connectivity index is 2.76. The molecule has 1 rings (SSSR count). The predicted octanol–water partition coefficient (Wildman–Crippen LogP) is -1.38. The predicted molar refractivity (Wildman–Crippen MR) is 47.1 cm³/mol. The van der Waals surface area contributed by atoms with Gasteiger partial charge in [0.25, 0.3) is 5.56 Å². The van der Waals surface area contributed by atoms with Gasteiger partial charge in [-0.2, -0.15) is 0 Å². The van der Waals surface area contributed by atoms with Gasteiger partial charge in [0.05, 0.1) is 19.3 Å². The fourth-order valence-corrected chi connectivity index (χ4v) is 1.26. The lowest BCUT2D eigenvalue weighted by Crippen LogP contribution is -2.24. The molecule has 0 atom stereocenters. The van der Waals surface area contributed by atoms with Gasteiger partial charge in [-0.05, 0) is 0 Å². The van der Waals surface area contributed by atoms with Crippen LogP contribution >= 0.6 is 11.8 Å². The highest BCUT2D eigenvalue weighted by Gasteiger charge is 2.02. The van der Waals surface area contributed by atoms with Gasteiger partial charge < -0.3 is 14.6 Å². The average Bonchev–Trinajstić information content (AvgIpc) is 2.15. The first-order valence-electron chi connectivity index (χ1n) is 3.59. The quantitative estimate of drug-likeness (QED) is 0.491. The number of rotatable bonds is 4. The number of H-pyrrole nitrogens is 1. The molecule has 0 unspecified atom stereocenters. The van der Waals surface area contributed by atoms with Gasteiger partial charge in [0.15, 0.2) is 5.16 Å². The molecule has 1 N–H and O–H groups in total. The number of carbonyl (C=O) groups excluding carboxylic acids is 1. The molecule has 14 heavy (non-hydrogen) atoms. The first-order chi connectivity index (χ1) is 6.63. The molecule has 0 amide bonds. The lowest BCUT2D eigenvalue weighted by Gasteiger charge is -2.02. The van der Waals surface area contributed by atoms with Gasteiger partial charge in [-0.15, -0.1) is 0 Å². The Bertz CT molecular complexity index is 390. The van der Waals surface area contributed by atoms with Crippen LogP contribution in [0.25, 0.3) is 0 Å². The summed E-state index contributed by atoms with van der Waals surface area (Å²) in [5.74, 6) is -1.38.